The lowest BCUT2D eigenvalue weighted by atomic mass is 10.1. The van der Waals surface area contributed by atoms with E-state index in [2.05, 4.69) is 11.4 Å². The molecular weight excluding hydrogens is 265 g/mol. The number of halogens is 1. The lowest BCUT2D eigenvalue weighted by Crippen LogP contribution is -2.17. The van der Waals surface area contributed by atoms with Crippen LogP contribution >= 0.6 is 0 Å². The molecule has 0 aliphatic rings. The lowest BCUT2D eigenvalue weighted by molar-refractivity contribution is 0.627. The third-order valence-electron chi connectivity index (χ3n) is 3.29. The van der Waals surface area contributed by atoms with E-state index in [0.717, 1.165) is 16.9 Å². The van der Waals surface area contributed by atoms with Gasteiger partial charge in [-0.3, -0.25) is 0 Å². The molecule has 0 aliphatic carbocycles. The number of hydrogen-bond donors (Lipinski definition) is 1. The minimum absolute atomic E-state index is 0.281. The van der Waals surface area contributed by atoms with E-state index in [9.17, 15) is 9.65 Å². The first-order chi connectivity index (χ1) is 10.2. The Morgan fingerprint density at radius 2 is 2.05 bits per heavy atom. The molecule has 2 aromatic rings. The van der Waals surface area contributed by atoms with E-state index in [-0.39, 0.29) is 5.82 Å². The van der Waals surface area contributed by atoms with Gasteiger partial charge in [0.1, 0.15) is 11.9 Å². The van der Waals surface area contributed by atoms with Gasteiger partial charge >= 0.3 is 0 Å². The van der Waals surface area contributed by atoms with E-state index in [1.54, 1.807) is 6.07 Å². The summed E-state index contributed by atoms with van der Waals surface area (Å²) in [5.41, 5.74) is 3.18. The molecule has 2 aromatic carbocycles. The molecule has 2 rings (SSSR count). The second-order valence-corrected chi connectivity index (χ2v) is 4.72. The van der Waals surface area contributed by atoms with Crippen LogP contribution in [0.3, 0.4) is 0 Å². The SMILES string of the molecule is CCN(c1cccc(F)c1)c1ccc(CNC)cc1C#N. The number of hydrogen-bond acceptors (Lipinski definition) is 3. The van der Waals surface area contributed by atoms with Gasteiger partial charge in [-0.1, -0.05) is 12.1 Å². The number of nitrogens with one attached hydrogen (secondary N) is 1. The van der Waals surface area contributed by atoms with Crippen LogP contribution in [0.15, 0.2) is 42.5 Å². The summed E-state index contributed by atoms with van der Waals surface area (Å²) < 4.78 is 13.4. The molecule has 0 bridgehead atoms. The van der Waals surface area contributed by atoms with Crippen molar-refractivity contribution in [2.24, 2.45) is 0 Å². The van der Waals surface area contributed by atoms with Crippen molar-refractivity contribution in [1.29, 1.82) is 5.26 Å². The van der Waals surface area contributed by atoms with Crippen molar-refractivity contribution in [3.63, 3.8) is 0 Å². The Hall–Kier alpha value is -2.38. The van der Waals surface area contributed by atoms with Gasteiger partial charge in [-0.25, -0.2) is 4.39 Å². The molecule has 21 heavy (non-hydrogen) atoms. The first kappa shape index (κ1) is 15.0. The Morgan fingerprint density at radius 3 is 2.67 bits per heavy atom. The molecule has 0 saturated carbocycles. The Bertz CT molecular complexity index is 661. The topological polar surface area (TPSA) is 39.1 Å². The smallest absolute Gasteiger partial charge is 0.125 e. The van der Waals surface area contributed by atoms with Crippen molar-refractivity contribution < 1.29 is 4.39 Å². The quantitative estimate of drug-likeness (QED) is 0.911. The van der Waals surface area contributed by atoms with Crippen molar-refractivity contribution in [3.05, 3.63) is 59.4 Å². The van der Waals surface area contributed by atoms with Gasteiger partial charge < -0.3 is 10.2 Å². The molecule has 0 amide bonds. The van der Waals surface area contributed by atoms with Crippen LogP contribution in [0.4, 0.5) is 15.8 Å². The zero-order valence-corrected chi connectivity index (χ0v) is 12.2. The van der Waals surface area contributed by atoms with Gasteiger partial charge in [0.2, 0.25) is 0 Å². The molecule has 0 aromatic heterocycles. The second-order valence-electron chi connectivity index (χ2n) is 4.72. The van der Waals surface area contributed by atoms with Crippen molar-refractivity contribution in [3.8, 4) is 6.07 Å². The van der Waals surface area contributed by atoms with Gasteiger partial charge in [0.15, 0.2) is 0 Å². The molecule has 1 N–H and O–H groups in total. The average molecular weight is 283 g/mol. The molecule has 0 fully saturated rings. The molecular formula is C17H18FN3. The highest BCUT2D eigenvalue weighted by molar-refractivity contribution is 5.69. The Morgan fingerprint density at radius 1 is 1.24 bits per heavy atom. The van der Waals surface area contributed by atoms with Crippen LogP contribution < -0.4 is 10.2 Å². The monoisotopic (exact) mass is 283 g/mol. The van der Waals surface area contributed by atoms with Gasteiger partial charge in [0.05, 0.1) is 11.3 Å². The third kappa shape index (κ3) is 3.39. The molecule has 0 heterocycles. The predicted molar refractivity (Wildman–Crippen MR) is 83.0 cm³/mol. The number of anilines is 2. The van der Waals surface area contributed by atoms with E-state index in [1.807, 2.05) is 43.1 Å². The van der Waals surface area contributed by atoms with E-state index in [1.165, 1.54) is 12.1 Å². The Kier molecular flexibility index (Phi) is 4.91. The van der Waals surface area contributed by atoms with Crippen molar-refractivity contribution in [1.82, 2.24) is 5.32 Å². The van der Waals surface area contributed by atoms with Gasteiger partial charge in [-0.05, 0) is 49.9 Å². The minimum Gasteiger partial charge on any atom is -0.341 e. The fourth-order valence-electron chi connectivity index (χ4n) is 2.36. The van der Waals surface area contributed by atoms with Gasteiger partial charge in [0, 0.05) is 18.8 Å². The van der Waals surface area contributed by atoms with Gasteiger partial charge in [-0.2, -0.15) is 5.26 Å². The van der Waals surface area contributed by atoms with Gasteiger partial charge in [-0.15, -0.1) is 0 Å². The Labute approximate surface area is 124 Å². The summed E-state index contributed by atoms with van der Waals surface area (Å²) in [6.07, 6.45) is 0. The third-order valence-corrected chi connectivity index (χ3v) is 3.29. The maximum absolute atomic E-state index is 13.4. The summed E-state index contributed by atoms with van der Waals surface area (Å²) in [7, 11) is 1.87. The van der Waals surface area contributed by atoms with Gasteiger partial charge in [0.25, 0.3) is 0 Å². The van der Waals surface area contributed by atoms with Crippen LogP contribution in [0.1, 0.15) is 18.1 Å². The molecule has 0 atom stereocenters. The first-order valence-electron chi connectivity index (χ1n) is 6.90. The van der Waals surface area contributed by atoms with Crippen molar-refractivity contribution >= 4 is 11.4 Å². The highest BCUT2D eigenvalue weighted by Crippen LogP contribution is 2.29. The maximum atomic E-state index is 13.4. The van der Waals surface area contributed by atoms with Crippen LogP contribution in [0.5, 0.6) is 0 Å². The van der Waals surface area contributed by atoms with Crippen LogP contribution in [0.25, 0.3) is 0 Å². The first-order valence-corrected chi connectivity index (χ1v) is 6.90. The minimum atomic E-state index is -0.281. The molecule has 0 spiro atoms. The fraction of sp³-hybridized carbons (Fsp3) is 0.235. The van der Waals surface area contributed by atoms with E-state index in [0.29, 0.717) is 18.7 Å². The molecule has 0 saturated heterocycles. The molecule has 108 valence electrons. The molecule has 0 radical (unpaired) electrons. The zero-order chi connectivity index (χ0) is 15.2. The summed E-state index contributed by atoms with van der Waals surface area (Å²) >= 11 is 0. The molecule has 4 heteroatoms. The number of nitriles is 1. The largest absolute Gasteiger partial charge is 0.341 e. The fourth-order valence-corrected chi connectivity index (χ4v) is 2.36. The number of nitrogens with zero attached hydrogens (tertiary/aromatic N) is 2. The van der Waals surface area contributed by atoms with Crippen LogP contribution in [-0.2, 0) is 6.54 Å². The summed E-state index contributed by atoms with van der Waals surface area (Å²) in [6.45, 7) is 3.35. The highest BCUT2D eigenvalue weighted by atomic mass is 19.1. The Balaban J connectivity index is 2.45. The lowest BCUT2D eigenvalue weighted by Gasteiger charge is -2.24. The average Bonchev–Trinajstić information content (AvgIpc) is 2.49. The molecule has 0 aliphatic heterocycles. The standard InChI is InChI=1S/C17H18FN3/c1-3-21(16-6-4-5-15(18)10-16)17-8-7-13(12-20-2)9-14(17)11-19/h4-10,20H,3,12H2,1-2H3. The second kappa shape index (κ2) is 6.87. The maximum Gasteiger partial charge on any atom is 0.125 e. The van der Waals surface area contributed by atoms with Crippen LogP contribution in [-0.4, -0.2) is 13.6 Å². The number of rotatable bonds is 5. The van der Waals surface area contributed by atoms with Crippen molar-refractivity contribution in [2.75, 3.05) is 18.5 Å². The predicted octanol–water partition coefficient (Wildman–Crippen LogP) is 3.57. The van der Waals surface area contributed by atoms with Crippen LogP contribution in [0, 0.1) is 17.1 Å². The van der Waals surface area contributed by atoms with E-state index in [4.69, 9.17) is 0 Å². The van der Waals surface area contributed by atoms with Crippen LogP contribution in [0.2, 0.25) is 0 Å². The summed E-state index contributed by atoms with van der Waals surface area (Å²) in [4.78, 5) is 1.94. The summed E-state index contributed by atoms with van der Waals surface area (Å²) in [5.74, 6) is -0.281. The molecule has 0 unspecified atom stereocenters. The van der Waals surface area contributed by atoms with E-state index < -0.39 is 0 Å². The van der Waals surface area contributed by atoms with E-state index >= 15 is 0 Å². The summed E-state index contributed by atoms with van der Waals surface area (Å²) in [6, 6.07) is 14.4. The normalized spacial score (nSPS) is 10.2. The highest BCUT2D eigenvalue weighted by Gasteiger charge is 2.13. The summed E-state index contributed by atoms with van der Waals surface area (Å²) in [5, 5.41) is 12.5. The number of benzene rings is 2. The zero-order valence-electron chi connectivity index (χ0n) is 12.2. The van der Waals surface area contributed by atoms with Crippen molar-refractivity contribution in [2.45, 2.75) is 13.5 Å². The molecule has 3 nitrogen and oxygen atoms in total.